The van der Waals surface area contributed by atoms with Crippen LogP contribution in [0.2, 0.25) is 0 Å². The number of methoxy groups -OCH3 is 3. The maximum atomic E-state index is 13.4. The van der Waals surface area contributed by atoms with Gasteiger partial charge < -0.3 is 19.1 Å². The van der Waals surface area contributed by atoms with Gasteiger partial charge in [0.15, 0.2) is 0 Å². The van der Waals surface area contributed by atoms with E-state index in [0.717, 1.165) is 22.3 Å². The molecule has 31 heavy (non-hydrogen) atoms. The molecule has 0 amide bonds. The van der Waals surface area contributed by atoms with Crippen LogP contribution in [0.5, 0.6) is 0 Å². The van der Waals surface area contributed by atoms with Gasteiger partial charge in [-0.3, -0.25) is 0 Å². The number of rotatable bonds is 3. The van der Waals surface area contributed by atoms with E-state index in [1.165, 1.54) is 14.2 Å². The summed E-state index contributed by atoms with van der Waals surface area (Å²) in [5.41, 5.74) is 3.26. The molecule has 2 aromatic rings. The van der Waals surface area contributed by atoms with Crippen LogP contribution in [0.15, 0.2) is 83.9 Å². The molecular formula is C25H21NO5. The smallest absolute Gasteiger partial charge is 0.355 e. The van der Waals surface area contributed by atoms with E-state index in [2.05, 4.69) is 0 Å². The molecule has 0 aromatic heterocycles. The van der Waals surface area contributed by atoms with Crippen LogP contribution in [0.1, 0.15) is 11.1 Å². The molecule has 1 spiro atoms. The van der Waals surface area contributed by atoms with E-state index in [1.54, 1.807) is 24.3 Å². The highest BCUT2D eigenvalue weighted by atomic mass is 16.5. The standard InChI is InChI=1S/C25H21NO5/c1-29-19-13-8-14-26-21(24(28)31-3)20(23(27)30-2)25(22(19)26)17-11-6-4-9-15(17)16-10-5-7-12-18(16)25/h4-14,22H,1-3H3. The van der Waals surface area contributed by atoms with Crippen molar-refractivity contribution < 1.29 is 23.8 Å². The van der Waals surface area contributed by atoms with E-state index in [1.807, 2.05) is 54.6 Å². The highest BCUT2D eigenvalue weighted by Gasteiger charge is 2.64. The monoisotopic (exact) mass is 415 g/mol. The zero-order chi connectivity index (χ0) is 21.8. The fourth-order valence-corrected chi connectivity index (χ4v) is 5.30. The van der Waals surface area contributed by atoms with Crippen molar-refractivity contribution in [3.05, 3.63) is 95.0 Å². The Balaban J connectivity index is 1.97. The fourth-order valence-electron chi connectivity index (χ4n) is 5.30. The van der Waals surface area contributed by atoms with Crippen LogP contribution in [0, 0.1) is 0 Å². The molecule has 0 saturated carbocycles. The summed E-state index contributed by atoms with van der Waals surface area (Å²) >= 11 is 0. The number of allylic oxidation sites excluding steroid dienone is 2. The van der Waals surface area contributed by atoms with Crippen molar-refractivity contribution in [2.24, 2.45) is 0 Å². The predicted molar refractivity (Wildman–Crippen MR) is 114 cm³/mol. The Hall–Kier alpha value is -3.80. The van der Waals surface area contributed by atoms with Crippen LogP contribution in [0.4, 0.5) is 0 Å². The second-order valence-electron chi connectivity index (χ2n) is 7.53. The minimum Gasteiger partial charge on any atom is -0.499 e. The summed E-state index contributed by atoms with van der Waals surface area (Å²) in [6, 6.07) is 15.4. The molecule has 0 N–H and O–H groups in total. The van der Waals surface area contributed by atoms with Gasteiger partial charge in [-0.1, -0.05) is 48.5 Å². The van der Waals surface area contributed by atoms with Gasteiger partial charge in [-0.15, -0.1) is 0 Å². The van der Waals surface area contributed by atoms with Crippen LogP contribution in [-0.2, 0) is 29.2 Å². The summed E-state index contributed by atoms with van der Waals surface area (Å²) in [5, 5.41) is 0. The van der Waals surface area contributed by atoms with E-state index < -0.39 is 23.4 Å². The Morgan fingerprint density at radius 1 is 0.871 bits per heavy atom. The van der Waals surface area contributed by atoms with Crippen LogP contribution < -0.4 is 0 Å². The molecule has 5 rings (SSSR count). The first kappa shape index (κ1) is 19.2. The van der Waals surface area contributed by atoms with Gasteiger partial charge in [0.1, 0.15) is 17.5 Å². The number of esters is 2. The Morgan fingerprint density at radius 3 is 2.00 bits per heavy atom. The van der Waals surface area contributed by atoms with Gasteiger partial charge in [0.05, 0.1) is 32.3 Å². The summed E-state index contributed by atoms with van der Waals surface area (Å²) in [4.78, 5) is 28.2. The highest BCUT2D eigenvalue weighted by Crippen LogP contribution is 2.61. The minimum atomic E-state index is -1.00. The van der Waals surface area contributed by atoms with Crippen LogP contribution in [-0.4, -0.2) is 44.2 Å². The zero-order valence-corrected chi connectivity index (χ0v) is 17.4. The minimum absolute atomic E-state index is 0.157. The topological polar surface area (TPSA) is 65.1 Å². The number of nitrogens with zero attached hydrogens (tertiary/aromatic N) is 1. The lowest BCUT2D eigenvalue weighted by atomic mass is 9.67. The Kier molecular flexibility index (Phi) is 4.25. The van der Waals surface area contributed by atoms with Gasteiger partial charge in [-0.2, -0.15) is 0 Å². The number of hydrogen-bond donors (Lipinski definition) is 0. The van der Waals surface area contributed by atoms with Crippen molar-refractivity contribution >= 4 is 11.9 Å². The second kappa shape index (κ2) is 6.87. The molecule has 0 radical (unpaired) electrons. The van der Waals surface area contributed by atoms with Gasteiger partial charge in [0.25, 0.3) is 0 Å². The lowest BCUT2D eigenvalue weighted by Gasteiger charge is -2.40. The SMILES string of the molecule is COC(=O)C1=C(C(=O)OC)C2(c3ccccc3-c3ccccc32)C2C(OC)=CC=CN12. The molecule has 3 aliphatic rings. The molecule has 2 heterocycles. The molecule has 6 nitrogen and oxygen atoms in total. The quantitative estimate of drug-likeness (QED) is 0.717. The number of hydrogen-bond acceptors (Lipinski definition) is 6. The van der Waals surface area contributed by atoms with Crippen LogP contribution in [0.3, 0.4) is 0 Å². The van der Waals surface area contributed by atoms with Crippen LogP contribution >= 0.6 is 0 Å². The third-order valence-corrected chi connectivity index (χ3v) is 6.35. The molecular weight excluding hydrogens is 394 g/mol. The zero-order valence-electron chi connectivity index (χ0n) is 17.4. The van der Waals surface area contributed by atoms with Crippen molar-refractivity contribution in [3.8, 4) is 11.1 Å². The molecule has 156 valence electrons. The molecule has 1 unspecified atom stereocenters. The molecule has 2 aliphatic heterocycles. The first-order valence-corrected chi connectivity index (χ1v) is 9.92. The summed E-state index contributed by atoms with van der Waals surface area (Å²) < 4.78 is 16.1. The van der Waals surface area contributed by atoms with Crippen molar-refractivity contribution in [1.29, 1.82) is 0 Å². The van der Waals surface area contributed by atoms with E-state index >= 15 is 0 Å². The van der Waals surface area contributed by atoms with Gasteiger partial charge in [0.2, 0.25) is 0 Å². The lowest BCUT2D eigenvalue weighted by Crippen LogP contribution is -2.47. The summed E-state index contributed by atoms with van der Waals surface area (Å²) in [6.45, 7) is 0. The van der Waals surface area contributed by atoms with Crippen LogP contribution in [0.25, 0.3) is 11.1 Å². The predicted octanol–water partition coefficient (Wildman–Crippen LogP) is 3.30. The molecule has 0 bridgehead atoms. The average Bonchev–Trinajstić information content (AvgIpc) is 3.30. The number of fused-ring (bicyclic) bond motifs is 7. The largest absolute Gasteiger partial charge is 0.499 e. The maximum absolute atomic E-state index is 13.4. The van der Waals surface area contributed by atoms with Gasteiger partial charge in [-0.05, 0) is 34.4 Å². The third-order valence-electron chi connectivity index (χ3n) is 6.35. The first-order valence-electron chi connectivity index (χ1n) is 9.92. The highest BCUT2D eigenvalue weighted by molar-refractivity contribution is 6.07. The molecule has 6 heteroatoms. The number of benzene rings is 2. The van der Waals surface area contributed by atoms with E-state index in [-0.39, 0.29) is 11.3 Å². The summed E-state index contributed by atoms with van der Waals surface area (Å²) in [5.74, 6) is -0.550. The Labute approximate surface area is 180 Å². The Morgan fingerprint density at radius 2 is 1.45 bits per heavy atom. The normalized spacial score (nSPS) is 19.5. The van der Waals surface area contributed by atoms with Gasteiger partial charge in [-0.25, -0.2) is 9.59 Å². The molecule has 0 saturated heterocycles. The van der Waals surface area contributed by atoms with Crippen molar-refractivity contribution in [2.45, 2.75) is 11.5 Å². The Bertz CT molecular complexity index is 1160. The molecule has 1 aliphatic carbocycles. The van der Waals surface area contributed by atoms with E-state index in [4.69, 9.17) is 14.2 Å². The third kappa shape index (κ3) is 2.27. The van der Waals surface area contributed by atoms with Gasteiger partial charge in [0, 0.05) is 6.20 Å². The van der Waals surface area contributed by atoms with Crippen molar-refractivity contribution in [1.82, 2.24) is 4.90 Å². The molecule has 0 fully saturated rings. The fraction of sp³-hybridized carbons (Fsp3) is 0.200. The van der Waals surface area contributed by atoms with Gasteiger partial charge >= 0.3 is 11.9 Å². The lowest BCUT2D eigenvalue weighted by molar-refractivity contribution is -0.140. The summed E-state index contributed by atoms with van der Waals surface area (Å²) in [7, 11) is 4.23. The van der Waals surface area contributed by atoms with Crippen molar-refractivity contribution in [2.75, 3.05) is 21.3 Å². The first-order chi connectivity index (χ1) is 15.1. The number of ether oxygens (including phenoxy) is 3. The van der Waals surface area contributed by atoms with Crippen molar-refractivity contribution in [3.63, 3.8) is 0 Å². The average molecular weight is 415 g/mol. The molecule has 2 aromatic carbocycles. The number of carbonyl (C=O) groups is 2. The second-order valence-corrected chi connectivity index (χ2v) is 7.53. The van der Waals surface area contributed by atoms with E-state index in [9.17, 15) is 9.59 Å². The maximum Gasteiger partial charge on any atom is 0.355 e. The number of carbonyl (C=O) groups excluding carboxylic acids is 2. The molecule has 1 atom stereocenters. The summed E-state index contributed by atoms with van der Waals surface area (Å²) in [6.07, 6.45) is 5.43. The van der Waals surface area contributed by atoms with E-state index in [0.29, 0.717) is 5.76 Å².